The first-order chi connectivity index (χ1) is 12.7. The summed E-state index contributed by atoms with van der Waals surface area (Å²) in [7, 11) is 0. The van der Waals surface area contributed by atoms with Gasteiger partial charge in [-0.1, -0.05) is 29.8 Å². The first-order valence-corrected chi connectivity index (χ1v) is 9.58. The van der Waals surface area contributed by atoms with Crippen LogP contribution in [0.15, 0.2) is 54.2 Å². The van der Waals surface area contributed by atoms with E-state index in [0.717, 1.165) is 34.9 Å². The summed E-state index contributed by atoms with van der Waals surface area (Å²) in [6, 6.07) is 11.4. The molecule has 7 heteroatoms. The van der Waals surface area contributed by atoms with Crippen molar-refractivity contribution in [1.29, 1.82) is 0 Å². The van der Waals surface area contributed by atoms with Crippen LogP contribution in [-0.4, -0.2) is 29.0 Å². The monoisotopic (exact) mass is 386 g/mol. The summed E-state index contributed by atoms with van der Waals surface area (Å²) in [4.78, 5) is 20.5. The molecule has 0 unspecified atom stereocenters. The molecule has 0 atom stereocenters. The van der Waals surface area contributed by atoms with Crippen molar-refractivity contribution in [2.45, 2.75) is 12.8 Å². The van der Waals surface area contributed by atoms with Crippen molar-refractivity contribution >= 4 is 34.5 Å². The molecule has 0 fully saturated rings. The number of nitrogens with zero attached hydrogens (tertiary/aromatic N) is 2. The zero-order chi connectivity index (χ0) is 18.2. The van der Waals surface area contributed by atoms with Crippen molar-refractivity contribution in [3.63, 3.8) is 0 Å². The lowest BCUT2D eigenvalue weighted by Crippen LogP contribution is -2.27. The lowest BCUT2D eigenvalue weighted by Gasteiger charge is -2.07. The number of aromatic nitrogens is 2. The van der Waals surface area contributed by atoms with E-state index in [-0.39, 0.29) is 12.3 Å². The Labute approximate surface area is 161 Å². The molecule has 0 aliphatic rings. The second-order valence-corrected chi connectivity index (χ2v) is 6.93. The summed E-state index contributed by atoms with van der Waals surface area (Å²) < 4.78 is 0. The molecule has 1 amide bonds. The average molecular weight is 387 g/mol. The number of halogens is 1. The lowest BCUT2D eigenvalue weighted by atomic mass is 10.2. The van der Waals surface area contributed by atoms with Gasteiger partial charge in [0.2, 0.25) is 5.91 Å². The molecule has 0 aliphatic carbocycles. The molecule has 0 spiro atoms. The van der Waals surface area contributed by atoms with Crippen molar-refractivity contribution < 1.29 is 4.79 Å². The smallest absolute Gasteiger partial charge is 0.226 e. The Morgan fingerprint density at radius 2 is 1.92 bits per heavy atom. The number of hydrogen-bond donors (Lipinski definition) is 2. The Morgan fingerprint density at radius 3 is 2.73 bits per heavy atom. The molecule has 0 radical (unpaired) electrons. The van der Waals surface area contributed by atoms with E-state index in [1.807, 2.05) is 41.8 Å². The third-order valence-electron chi connectivity index (χ3n) is 3.68. The van der Waals surface area contributed by atoms with Gasteiger partial charge >= 0.3 is 0 Å². The Balaban J connectivity index is 1.41. The van der Waals surface area contributed by atoms with Crippen LogP contribution in [0, 0.1) is 0 Å². The van der Waals surface area contributed by atoms with Crippen molar-refractivity contribution in [3.05, 3.63) is 64.9 Å². The highest BCUT2D eigenvalue weighted by atomic mass is 35.5. The SMILES string of the molecule is O=C(Cc1csc(-c2ccccc2Cl)n1)NCCCNc1ccncc1. The number of hydrogen-bond acceptors (Lipinski definition) is 5. The minimum atomic E-state index is -0.0232. The largest absolute Gasteiger partial charge is 0.385 e. The number of amides is 1. The topological polar surface area (TPSA) is 66.9 Å². The molecule has 2 aromatic heterocycles. The van der Waals surface area contributed by atoms with Gasteiger partial charge in [0.1, 0.15) is 5.01 Å². The van der Waals surface area contributed by atoms with Crippen LogP contribution in [-0.2, 0) is 11.2 Å². The Morgan fingerprint density at radius 1 is 1.12 bits per heavy atom. The van der Waals surface area contributed by atoms with Gasteiger partial charge in [-0.25, -0.2) is 4.98 Å². The normalized spacial score (nSPS) is 10.5. The zero-order valence-corrected chi connectivity index (χ0v) is 15.7. The quantitative estimate of drug-likeness (QED) is 0.574. The average Bonchev–Trinajstić information content (AvgIpc) is 3.11. The van der Waals surface area contributed by atoms with Gasteiger partial charge in [0.05, 0.1) is 17.1 Å². The third-order valence-corrected chi connectivity index (χ3v) is 4.94. The number of pyridine rings is 1. The summed E-state index contributed by atoms with van der Waals surface area (Å²) in [5.41, 5.74) is 2.69. The van der Waals surface area contributed by atoms with Crippen LogP contribution in [0.4, 0.5) is 5.69 Å². The van der Waals surface area contributed by atoms with Gasteiger partial charge in [-0.05, 0) is 24.6 Å². The fraction of sp³-hybridized carbons (Fsp3) is 0.211. The molecule has 5 nitrogen and oxygen atoms in total. The molecule has 2 N–H and O–H groups in total. The highest BCUT2D eigenvalue weighted by Crippen LogP contribution is 2.30. The van der Waals surface area contributed by atoms with Crippen LogP contribution in [0.5, 0.6) is 0 Å². The molecule has 0 aliphatic heterocycles. The molecule has 0 bridgehead atoms. The van der Waals surface area contributed by atoms with Crippen LogP contribution >= 0.6 is 22.9 Å². The maximum absolute atomic E-state index is 12.1. The summed E-state index contributed by atoms with van der Waals surface area (Å²) >= 11 is 7.69. The number of anilines is 1. The summed E-state index contributed by atoms with van der Waals surface area (Å²) in [5, 5.41) is 9.61. The molecule has 134 valence electrons. The molecule has 0 saturated carbocycles. The molecule has 1 aromatic carbocycles. The first-order valence-electron chi connectivity index (χ1n) is 8.32. The zero-order valence-electron chi connectivity index (χ0n) is 14.1. The number of rotatable bonds is 8. The predicted octanol–water partition coefficient (Wildman–Crippen LogP) is 4.02. The number of nitrogens with one attached hydrogen (secondary N) is 2. The van der Waals surface area contributed by atoms with E-state index in [0.29, 0.717) is 11.6 Å². The standard InChI is InChI=1S/C19H19ClN4OS/c20-17-5-2-1-4-16(17)19-24-15(13-26-19)12-18(25)23-9-3-8-22-14-6-10-21-11-7-14/h1-2,4-7,10-11,13H,3,8-9,12H2,(H,21,22)(H,23,25). The summed E-state index contributed by atoms with van der Waals surface area (Å²) in [6.07, 6.45) is 4.61. The Kier molecular flexibility index (Phi) is 6.57. The summed E-state index contributed by atoms with van der Waals surface area (Å²) in [5.74, 6) is -0.0232. The number of thiazole rings is 1. The van der Waals surface area contributed by atoms with Crippen LogP contribution in [0.25, 0.3) is 10.6 Å². The molecule has 2 heterocycles. The van der Waals surface area contributed by atoms with Gasteiger partial charge < -0.3 is 10.6 Å². The fourth-order valence-electron chi connectivity index (χ4n) is 2.39. The van der Waals surface area contributed by atoms with E-state index >= 15 is 0 Å². The molecule has 26 heavy (non-hydrogen) atoms. The van der Waals surface area contributed by atoms with Crippen LogP contribution in [0.3, 0.4) is 0 Å². The molecule has 3 aromatic rings. The molecule has 0 saturated heterocycles. The van der Waals surface area contributed by atoms with Crippen molar-refractivity contribution in [2.24, 2.45) is 0 Å². The van der Waals surface area contributed by atoms with Crippen molar-refractivity contribution in [3.8, 4) is 10.6 Å². The van der Waals surface area contributed by atoms with Gasteiger partial charge in [-0.2, -0.15) is 0 Å². The third kappa shape index (κ3) is 5.28. The van der Waals surface area contributed by atoms with E-state index in [9.17, 15) is 4.79 Å². The van der Waals surface area contributed by atoms with Crippen molar-refractivity contribution in [1.82, 2.24) is 15.3 Å². The lowest BCUT2D eigenvalue weighted by molar-refractivity contribution is -0.120. The van der Waals surface area contributed by atoms with Crippen LogP contribution in [0.2, 0.25) is 5.02 Å². The van der Waals surface area contributed by atoms with Gasteiger partial charge in [0.15, 0.2) is 0 Å². The van der Waals surface area contributed by atoms with Gasteiger partial charge in [-0.3, -0.25) is 9.78 Å². The van der Waals surface area contributed by atoms with Crippen LogP contribution in [0.1, 0.15) is 12.1 Å². The number of benzene rings is 1. The highest BCUT2D eigenvalue weighted by molar-refractivity contribution is 7.13. The highest BCUT2D eigenvalue weighted by Gasteiger charge is 2.10. The molecule has 3 rings (SSSR count). The van der Waals surface area contributed by atoms with Gasteiger partial charge in [0.25, 0.3) is 0 Å². The maximum atomic E-state index is 12.1. The Bertz CT molecular complexity index is 854. The second-order valence-electron chi connectivity index (χ2n) is 5.67. The van der Waals surface area contributed by atoms with E-state index < -0.39 is 0 Å². The minimum absolute atomic E-state index is 0.0232. The van der Waals surface area contributed by atoms with Gasteiger partial charge in [0, 0.05) is 42.1 Å². The number of carbonyl (C=O) groups is 1. The number of carbonyl (C=O) groups excluding carboxylic acids is 1. The van der Waals surface area contributed by atoms with E-state index in [1.54, 1.807) is 12.4 Å². The minimum Gasteiger partial charge on any atom is -0.385 e. The Hall–Kier alpha value is -2.44. The van der Waals surface area contributed by atoms with E-state index in [1.165, 1.54) is 11.3 Å². The van der Waals surface area contributed by atoms with Gasteiger partial charge in [-0.15, -0.1) is 11.3 Å². The van der Waals surface area contributed by atoms with E-state index in [2.05, 4.69) is 20.6 Å². The predicted molar refractivity (Wildman–Crippen MR) is 107 cm³/mol. The van der Waals surface area contributed by atoms with E-state index in [4.69, 9.17) is 11.6 Å². The second kappa shape index (κ2) is 9.31. The maximum Gasteiger partial charge on any atom is 0.226 e. The first kappa shape index (κ1) is 18.4. The van der Waals surface area contributed by atoms with Crippen LogP contribution < -0.4 is 10.6 Å². The summed E-state index contributed by atoms with van der Waals surface area (Å²) in [6.45, 7) is 1.41. The fourth-order valence-corrected chi connectivity index (χ4v) is 3.53. The molecular weight excluding hydrogens is 368 g/mol. The van der Waals surface area contributed by atoms with Crippen molar-refractivity contribution in [2.75, 3.05) is 18.4 Å². The molecular formula is C19H19ClN4OS.